The van der Waals surface area contributed by atoms with Crippen LogP contribution in [-0.4, -0.2) is 16.1 Å². The van der Waals surface area contributed by atoms with Gasteiger partial charge in [0.05, 0.1) is 0 Å². The van der Waals surface area contributed by atoms with Gasteiger partial charge in [0, 0.05) is 11.8 Å². The molecular formula is C10H9N3O. The Morgan fingerprint density at radius 1 is 1.29 bits per heavy atom. The molecule has 3 N–H and O–H groups in total. The second-order valence-electron chi connectivity index (χ2n) is 2.88. The van der Waals surface area contributed by atoms with Gasteiger partial charge in [-0.25, -0.2) is 0 Å². The van der Waals surface area contributed by atoms with E-state index in [0.717, 1.165) is 11.1 Å². The highest BCUT2D eigenvalue weighted by Crippen LogP contribution is 2.20. The number of H-pyrrole nitrogens is 1. The summed E-state index contributed by atoms with van der Waals surface area (Å²) in [7, 11) is 0. The van der Waals surface area contributed by atoms with E-state index < -0.39 is 5.91 Å². The molecule has 1 aromatic heterocycles. The molecule has 0 aliphatic heterocycles. The largest absolute Gasteiger partial charge is 0.364 e. The first-order chi connectivity index (χ1) is 6.79. The summed E-state index contributed by atoms with van der Waals surface area (Å²) < 4.78 is 0. The van der Waals surface area contributed by atoms with Gasteiger partial charge in [-0.05, 0) is 5.56 Å². The lowest BCUT2D eigenvalue weighted by Gasteiger charge is -1.97. The highest BCUT2D eigenvalue weighted by molar-refractivity contribution is 5.97. The van der Waals surface area contributed by atoms with Crippen molar-refractivity contribution in [2.45, 2.75) is 0 Å². The van der Waals surface area contributed by atoms with Crippen molar-refractivity contribution < 1.29 is 4.79 Å². The summed E-state index contributed by atoms with van der Waals surface area (Å²) >= 11 is 0. The van der Waals surface area contributed by atoms with E-state index in [1.165, 1.54) is 0 Å². The molecule has 0 spiro atoms. The fraction of sp³-hybridized carbons (Fsp3) is 0. The number of rotatable bonds is 2. The molecule has 1 heterocycles. The highest BCUT2D eigenvalue weighted by Gasteiger charge is 2.11. The van der Waals surface area contributed by atoms with Crippen LogP contribution in [0.25, 0.3) is 11.1 Å². The molecule has 4 nitrogen and oxygen atoms in total. The fourth-order valence-corrected chi connectivity index (χ4v) is 1.32. The maximum absolute atomic E-state index is 11.0. The maximum Gasteiger partial charge on any atom is 0.269 e. The van der Waals surface area contributed by atoms with Crippen LogP contribution < -0.4 is 5.73 Å². The average Bonchev–Trinajstić information content (AvgIpc) is 2.67. The van der Waals surface area contributed by atoms with Gasteiger partial charge in [-0.1, -0.05) is 30.3 Å². The van der Waals surface area contributed by atoms with Gasteiger partial charge in [0.1, 0.15) is 0 Å². The summed E-state index contributed by atoms with van der Waals surface area (Å²) in [6.07, 6.45) is 1.66. The Morgan fingerprint density at radius 2 is 2.00 bits per heavy atom. The molecule has 1 amide bonds. The van der Waals surface area contributed by atoms with Crippen LogP contribution in [0.2, 0.25) is 0 Å². The van der Waals surface area contributed by atoms with E-state index in [2.05, 4.69) is 10.2 Å². The zero-order valence-corrected chi connectivity index (χ0v) is 7.40. The van der Waals surface area contributed by atoms with E-state index in [9.17, 15) is 4.79 Å². The number of hydrogen-bond acceptors (Lipinski definition) is 2. The minimum absolute atomic E-state index is 0.274. The first kappa shape index (κ1) is 8.50. The third kappa shape index (κ3) is 1.37. The number of nitrogens with two attached hydrogens (primary N) is 1. The second-order valence-corrected chi connectivity index (χ2v) is 2.88. The number of aromatic nitrogens is 2. The van der Waals surface area contributed by atoms with Crippen LogP contribution in [0.3, 0.4) is 0 Å². The number of amides is 1. The fourth-order valence-electron chi connectivity index (χ4n) is 1.32. The van der Waals surface area contributed by atoms with Crippen molar-refractivity contribution >= 4 is 5.91 Å². The Hall–Kier alpha value is -2.10. The SMILES string of the molecule is NC(=O)c1n[nH]cc1-c1ccccc1. The number of hydrogen-bond donors (Lipinski definition) is 2. The maximum atomic E-state index is 11.0. The summed E-state index contributed by atoms with van der Waals surface area (Å²) in [5.74, 6) is -0.523. The van der Waals surface area contributed by atoms with Crippen molar-refractivity contribution in [1.82, 2.24) is 10.2 Å². The molecule has 0 aliphatic carbocycles. The number of carbonyl (C=O) groups is 1. The molecule has 1 aromatic carbocycles. The van der Waals surface area contributed by atoms with Crippen LogP contribution in [0.1, 0.15) is 10.5 Å². The predicted molar refractivity (Wildman–Crippen MR) is 52.5 cm³/mol. The van der Waals surface area contributed by atoms with Gasteiger partial charge in [-0.2, -0.15) is 5.10 Å². The van der Waals surface area contributed by atoms with Crippen molar-refractivity contribution in [2.75, 3.05) is 0 Å². The van der Waals surface area contributed by atoms with Crippen LogP contribution >= 0.6 is 0 Å². The minimum atomic E-state index is -0.523. The molecule has 14 heavy (non-hydrogen) atoms. The summed E-state index contributed by atoms with van der Waals surface area (Å²) in [6, 6.07) is 9.50. The molecule has 0 fully saturated rings. The van der Waals surface area contributed by atoms with Gasteiger partial charge in [-0.3, -0.25) is 9.89 Å². The molecule has 0 bridgehead atoms. The van der Waals surface area contributed by atoms with E-state index in [0.29, 0.717) is 0 Å². The molecule has 2 rings (SSSR count). The van der Waals surface area contributed by atoms with E-state index in [4.69, 9.17) is 5.73 Å². The van der Waals surface area contributed by atoms with Crippen molar-refractivity contribution in [1.29, 1.82) is 0 Å². The Morgan fingerprint density at radius 3 is 2.64 bits per heavy atom. The van der Waals surface area contributed by atoms with Crippen molar-refractivity contribution in [3.8, 4) is 11.1 Å². The van der Waals surface area contributed by atoms with Crippen molar-refractivity contribution in [3.05, 3.63) is 42.2 Å². The van der Waals surface area contributed by atoms with Crippen LogP contribution in [-0.2, 0) is 0 Å². The molecule has 0 saturated carbocycles. The molecule has 4 heteroatoms. The number of benzene rings is 1. The summed E-state index contributed by atoms with van der Waals surface area (Å²) in [6.45, 7) is 0. The molecule has 0 saturated heterocycles. The number of aromatic amines is 1. The molecular weight excluding hydrogens is 178 g/mol. The Balaban J connectivity index is 2.52. The Labute approximate surface area is 80.8 Å². The highest BCUT2D eigenvalue weighted by atomic mass is 16.1. The normalized spacial score (nSPS) is 10.0. The average molecular weight is 187 g/mol. The number of nitrogens with one attached hydrogen (secondary N) is 1. The molecule has 0 radical (unpaired) electrons. The Bertz CT molecular complexity index is 447. The molecule has 0 aliphatic rings. The standard InChI is InChI=1S/C10H9N3O/c11-10(14)9-8(6-12-13-9)7-4-2-1-3-5-7/h1-6H,(H2,11,14)(H,12,13). The molecule has 70 valence electrons. The molecule has 2 aromatic rings. The number of nitrogens with zero attached hydrogens (tertiary/aromatic N) is 1. The van der Waals surface area contributed by atoms with Crippen molar-refractivity contribution in [2.24, 2.45) is 5.73 Å². The zero-order chi connectivity index (χ0) is 9.97. The van der Waals surface area contributed by atoms with Crippen LogP contribution in [0.5, 0.6) is 0 Å². The number of carbonyl (C=O) groups excluding carboxylic acids is 1. The topological polar surface area (TPSA) is 71.8 Å². The summed E-state index contributed by atoms with van der Waals surface area (Å²) in [4.78, 5) is 11.0. The summed E-state index contributed by atoms with van der Waals surface area (Å²) in [5, 5.41) is 6.42. The predicted octanol–water partition coefficient (Wildman–Crippen LogP) is 1.18. The number of primary amides is 1. The minimum Gasteiger partial charge on any atom is -0.364 e. The lowest BCUT2D eigenvalue weighted by atomic mass is 10.1. The van der Waals surface area contributed by atoms with Gasteiger partial charge in [0.15, 0.2) is 5.69 Å². The quantitative estimate of drug-likeness (QED) is 0.740. The van der Waals surface area contributed by atoms with Crippen LogP contribution in [0.4, 0.5) is 0 Å². The van der Waals surface area contributed by atoms with E-state index in [-0.39, 0.29) is 5.69 Å². The third-order valence-corrected chi connectivity index (χ3v) is 1.96. The van der Waals surface area contributed by atoms with Gasteiger partial charge in [0.25, 0.3) is 5.91 Å². The first-order valence-corrected chi connectivity index (χ1v) is 4.18. The molecule has 0 unspecified atom stereocenters. The van der Waals surface area contributed by atoms with Gasteiger partial charge in [0.2, 0.25) is 0 Å². The molecule has 0 atom stereocenters. The second kappa shape index (κ2) is 3.33. The summed E-state index contributed by atoms with van der Waals surface area (Å²) in [5.41, 5.74) is 7.11. The van der Waals surface area contributed by atoms with Gasteiger partial charge >= 0.3 is 0 Å². The van der Waals surface area contributed by atoms with Crippen LogP contribution in [0.15, 0.2) is 36.5 Å². The third-order valence-electron chi connectivity index (χ3n) is 1.96. The van der Waals surface area contributed by atoms with E-state index >= 15 is 0 Å². The lowest BCUT2D eigenvalue weighted by molar-refractivity contribution is 0.0996. The van der Waals surface area contributed by atoms with Crippen LogP contribution in [0, 0.1) is 0 Å². The Kier molecular flexibility index (Phi) is 2.02. The van der Waals surface area contributed by atoms with Gasteiger partial charge < -0.3 is 5.73 Å². The zero-order valence-electron chi connectivity index (χ0n) is 7.40. The van der Waals surface area contributed by atoms with E-state index in [1.54, 1.807) is 6.20 Å². The lowest BCUT2D eigenvalue weighted by Crippen LogP contribution is -2.12. The van der Waals surface area contributed by atoms with Crippen molar-refractivity contribution in [3.63, 3.8) is 0 Å². The first-order valence-electron chi connectivity index (χ1n) is 4.18. The van der Waals surface area contributed by atoms with E-state index in [1.807, 2.05) is 30.3 Å². The smallest absolute Gasteiger partial charge is 0.269 e. The van der Waals surface area contributed by atoms with Gasteiger partial charge in [-0.15, -0.1) is 0 Å². The monoisotopic (exact) mass is 187 g/mol.